The number of alkyl halides is 3. The minimum absolute atomic E-state index is 0.146. The van der Waals surface area contributed by atoms with Crippen molar-refractivity contribution in [1.29, 1.82) is 0 Å². The minimum Gasteiger partial charge on any atom is -0.356 e. The molecule has 0 saturated carbocycles. The van der Waals surface area contributed by atoms with Gasteiger partial charge in [-0.25, -0.2) is 0 Å². The maximum atomic E-state index is 12.9. The van der Waals surface area contributed by atoms with Crippen LogP contribution < -0.4 is 10.7 Å². The van der Waals surface area contributed by atoms with Crippen LogP contribution in [0, 0.1) is 0 Å². The van der Waals surface area contributed by atoms with Crippen molar-refractivity contribution in [3.63, 3.8) is 0 Å². The molecule has 10 heteroatoms. The van der Waals surface area contributed by atoms with Gasteiger partial charge >= 0.3 is 6.18 Å². The summed E-state index contributed by atoms with van der Waals surface area (Å²) in [6.45, 7) is 7.55. The van der Waals surface area contributed by atoms with Crippen molar-refractivity contribution in [2.24, 2.45) is 15.1 Å². The molecular formula is C21H26F3N5OS. The Hall–Kier alpha value is -2.88. The Balaban J connectivity index is 3.11. The van der Waals surface area contributed by atoms with Crippen molar-refractivity contribution in [2.45, 2.75) is 20.0 Å². The second-order valence-electron chi connectivity index (χ2n) is 6.02. The largest absolute Gasteiger partial charge is 0.416 e. The fourth-order valence-electron chi connectivity index (χ4n) is 2.24. The van der Waals surface area contributed by atoms with Gasteiger partial charge in [-0.15, -0.1) is 11.8 Å². The van der Waals surface area contributed by atoms with Crippen LogP contribution >= 0.6 is 11.8 Å². The fourth-order valence-corrected chi connectivity index (χ4v) is 3.06. The number of thioether (sulfide) groups is 1. The zero-order valence-electron chi connectivity index (χ0n) is 17.7. The summed E-state index contributed by atoms with van der Waals surface area (Å²) in [4.78, 5) is 19.5. The maximum absolute atomic E-state index is 12.9. The predicted molar refractivity (Wildman–Crippen MR) is 123 cm³/mol. The maximum Gasteiger partial charge on any atom is 0.416 e. The lowest BCUT2D eigenvalue weighted by Crippen LogP contribution is -2.24. The number of aliphatic imine (C=N–C) groups is 2. The molecule has 2 N–H and O–H groups in total. The van der Waals surface area contributed by atoms with Crippen LogP contribution in [0.25, 0.3) is 0 Å². The van der Waals surface area contributed by atoms with E-state index in [9.17, 15) is 18.0 Å². The highest BCUT2D eigenvalue weighted by Crippen LogP contribution is 2.29. The number of halogens is 3. The molecule has 6 nitrogen and oxygen atoms in total. The molecule has 1 aromatic carbocycles. The monoisotopic (exact) mass is 453 g/mol. The van der Waals surface area contributed by atoms with E-state index in [2.05, 4.69) is 32.4 Å². The Morgan fingerprint density at radius 3 is 2.45 bits per heavy atom. The summed E-state index contributed by atoms with van der Waals surface area (Å²) in [5.41, 5.74) is 3.74. The van der Waals surface area contributed by atoms with Crippen molar-refractivity contribution in [3.05, 3.63) is 59.8 Å². The molecule has 0 heterocycles. The number of benzene rings is 1. The Bertz CT molecular complexity index is 859. The van der Waals surface area contributed by atoms with Gasteiger partial charge in [0, 0.05) is 38.0 Å². The number of carbonyl (C=O) groups excluding carboxylic acids is 1. The van der Waals surface area contributed by atoms with E-state index in [0.717, 1.165) is 12.1 Å². The molecular weight excluding hydrogens is 427 g/mol. The Morgan fingerprint density at radius 2 is 1.94 bits per heavy atom. The third-order valence-electron chi connectivity index (χ3n) is 3.74. The van der Waals surface area contributed by atoms with Gasteiger partial charge in [0.2, 0.25) is 5.91 Å². The zero-order valence-corrected chi connectivity index (χ0v) is 18.5. The highest BCUT2D eigenvalue weighted by atomic mass is 32.2. The van der Waals surface area contributed by atoms with Crippen molar-refractivity contribution in [3.8, 4) is 0 Å². The van der Waals surface area contributed by atoms with E-state index in [4.69, 9.17) is 0 Å². The number of hydrogen-bond acceptors (Lipinski definition) is 6. The van der Waals surface area contributed by atoms with Crippen molar-refractivity contribution in [2.75, 3.05) is 25.9 Å². The Labute approximate surface area is 184 Å². The fraction of sp³-hybridized carbons (Fsp3) is 0.333. The number of rotatable bonds is 10. The molecule has 0 unspecified atom stereocenters. The number of hydrazone groups is 1. The smallest absolute Gasteiger partial charge is 0.356 e. The van der Waals surface area contributed by atoms with Crippen LogP contribution in [0.3, 0.4) is 0 Å². The molecule has 1 amide bonds. The topological polar surface area (TPSA) is 78.2 Å². The molecule has 0 atom stereocenters. The molecule has 0 saturated heterocycles. The minimum atomic E-state index is -4.42. The second kappa shape index (κ2) is 13.4. The standard InChI is InChI=1S/C21H26F3N5OS/c1-5-11-27-18(6-2)14-28-29-19(20(25-4)31-13-12-26-15(3)30)16-7-9-17(10-8-16)21(22,23)24/h5-11,28H,1,12-14H2,2-4H3,(H,26,30)/b18-6-,25-20?,27-11?,29-19-. The lowest BCUT2D eigenvalue weighted by Gasteiger charge is -2.12. The average Bonchev–Trinajstić information content (AvgIpc) is 2.73. The molecule has 1 rings (SSSR count). The van der Waals surface area contributed by atoms with E-state index in [0.29, 0.717) is 40.9 Å². The number of carbonyl (C=O) groups is 1. The third kappa shape index (κ3) is 9.65. The summed E-state index contributed by atoms with van der Waals surface area (Å²) in [6.07, 6.45) is 0.479. The summed E-state index contributed by atoms with van der Waals surface area (Å²) < 4.78 is 38.8. The molecule has 0 aliphatic heterocycles. The predicted octanol–water partition coefficient (Wildman–Crippen LogP) is 4.06. The Morgan fingerprint density at radius 1 is 1.26 bits per heavy atom. The van der Waals surface area contributed by atoms with Gasteiger partial charge in [-0.1, -0.05) is 30.9 Å². The lowest BCUT2D eigenvalue weighted by molar-refractivity contribution is -0.137. The van der Waals surface area contributed by atoms with E-state index >= 15 is 0 Å². The van der Waals surface area contributed by atoms with Crippen LogP contribution in [0.4, 0.5) is 13.2 Å². The van der Waals surface area contributed by atoms with Gasteiger partial charge in [0.15, 0.2) is 0 Å². The first-order valence-electron chi connectivity index (χ1n) is 9.35. The van der Waals surface area contributed by atoms with E-state index in [1.807, 2.05) is 6.92 Å². The van der Waals surface area contributed by atoms with Gasteiger partial charge in [0.1, 0.15) is 10.8 Å². The third-order valence-corrected chi connectivity index (χ3v) is 4.79. The van der Waals surface area contributed by atoms with Gasteiger partial charge < -0.3 is 10.7 Å². The summed E-state index contributed by atoms with van der Waals surface area (Å²) in [6, 6.07) is 4.72. The van der Waals surface area contributed by atoms with Crippen LogP contribution in [0.1, 0.15) is 25.0 Å². The lowest BCUT2D eigenvalue weighted by atomic mass is 10.1. The number of allylic oxidation sites excluding steroid dienone is 2. The van der Waals surface area contributed by atoms with E-state index in [1.165, 1.54) is 30.8 Å². The summed E-state index contributed by atoms with van der Waals surface area (Å²) in [7, 11) is 1.58. The van der Waals surface area contributed by atoms with Gasteiger partial charge in [-0.3, -0.25) is 14.8 Å². The van der Waals surface area contributed by atoms with Gasteiger partial charge in [-0.05, 0) is 19.1 Å². The van der Waals surface area contributed by atoms with Crippen LogP contribution in [0.15, 0.2) is 63.8 Å². The first kappa shape index (κ1) is 26.2. The summed E-state index contributed by atoms with van der Waals surface area (Å²) >= 11 is 1.34. The first-order valence-corrected chi connectivity index (χ1v) is 10.3. The van der Waals surface area contributed by atoms with E-state index < -0.39 is 11.7 Å². The quantitative estimate of drug-likeness (QED) is 0.243. The SMILES string of the molecule is C=CC=N/C(=C\C)CN/N=C(\C(=NC)SCCNC(C)=O)c1ccc(C(F)(F)F)cc1. The molecule has 0 spiro atoms. The number of hydrogen-bond donors (Lipinski definition) is 2. The molecule has 0 fully saturated rings. The van der Waals surface area contributed by atoms with Gasteiger partial charge in [0.25, 0.3) is 0 Å². The second-order valence-corrected chi connectivity index (χ2v) is 7.11. The number of amides is 1. The van der Waals surface area contributed by atoms with E-state index in [-0.39, 0.29) is 5.91 Å². The molecule has 1 aromatic rings. The van der Waals surface area contributed by atoms with Crippen molar-refractivity contribution < 1.29 is 18.0 Å². The average molecular weight is 454 g/mol. The van der Waals surface area contributed by atoms with E-state index in [1.54, 1.807) is 25.4 Å². The molecule has 0 aliphatic carbocycles. The van der Waals surface area contributed by atoms with Crippen LogP contribution in [0.2, 0.25) is 0 Å². The molecule has 168 valence electrons. The van der Waals surface area contributed by atoms with Crippen LogP contribution in [-0.4, -0.2) is 48.8 Å². The molecule has 0 radical (unpaired) electrons. The number of nitrogens with zero attached hydrogens (tertiary/aromatic N) is 3. The first-order chi connectivity index (χ1) is 14.7. The normalized spacial score (nSPS) is 13.4. The Kier molecular flexibility index (Phi) is 11.3. The molecule has 0 aromatic heterocycles. The van der Waals surface area contributed by atoms with Gasteiger partial charge in [0.05, 0.1) is 17.8 Å². The van der Waals surface area contributed by atoms with Crippen molar-refractivity contribution in [1.82, 2.24) is 10.7 Å². The highest BCUT2D eigenvalue weighted by Gasteiger charge is 2.30. The zero-order chi connectivity index (χ0) is 23.3. The van der Waals surface area contributed by atoms with Crippen LogP contribution in [0.5, 0.6) is 0 Å². The molecule has 31 heavy (non-hydrogen) atoms. The molecule has 0 aliphatic rings. The molecule has 0 bridgehead atoms. The highest BCUT2D eigenvalue weighted by molar-refractivity contribution is 8.15. The summed E-state index contributed by atoms with van der Waals surface area (Å²) in [5.74, 6) is 0.378. The van der Waals surface area contributed by atoms with Gasteiger partial charge in [-0.2, -0.15) is 18.3 Å². The van der Waals surface area contributed by atoms with Crippen molar-refractivity contribution >= 4 is 34.6 Å². The van der Waals surface area contributed by atoms with Crippen LogP contribution in [-0.2, 0) is 11.0 Å². The number of nitrogens with one attached hydrogen (secondary N) is 2. The summed E-state index contributed by atoms with van der Waals surface area (Å²) in [5, 5.41) is 7.58.